The van der Waals surface area contributed by atoms with Gasteiger partial charge in [-0.1, -0.05) is 40.2 Å². The quantitative estimate of drug-likeness (QED) is 0.914. The van der Waals surface area contributed by atoms with E-state index in [0.717, 1.165) is 15.6 Å². The average Bonchev–Trinajstić information content (AvgIpc) is 2.29. The predicted octanol–water partition coefficient (Wildman–Crippen LogP) is 3.83. The van der Waals surface area contributed by atoms with Gasteiger partial charge in [0.2, 0.25) is 0 Å². The molecule has 0 spiro atoms. The Labute approximate surface area is 109 Å². The van der Waals surface area contributed by atoms with Crippen LogP contribution in [0.3, 0.4) is 0 Å². The highest BCUT2D eigenvalue weighted by Gasteiger charge is 2.08. The molecule has 0 bridgehead atoms. The van der Waals surface area contributed by atoms with E-state index in [9.17, 15) is 4.39 Å². The summed E-state index contributed by atoms with van der Waals surface area (Å²) in [6, 6.07) is 14.3. The number of benzene rings is 2. The Kier molecular flexibility index (Phi) is 3.92. The van der Waals surface area contributed by atoms with Gasteiger partial charge in [-0.05, 0) is 41.8 Å². The molecule has 2 rings (SSSR count). The van der Waals surface area contributed by atoms with Crippen molar-refractivity contribution >= 4 is 15.9 Å². The van der Waals surface area contributed by atoms with Crippen LogP contribution in [0.25, 0.3) is 0 Å². The van der Waals surface area contributed by atoms with Crippen LogP contribution in [0.15, 0.2) is 53.0 Å². The third kappa shape index (κ3) is 3.38. The van der Waals surface area contributed by atoms with Crippen molar-refractivity contribution in [1.82, 2.24) is 0 Å². The highest BCUT2D eigenvalue weighted by Crippen LogP contribution is 2.19. The van der Waals surface area contributed by atoms with Crippen LogP contribution < -0.4 is 5.73 Å². The topological polar surface area (TPSA) is 26.0 Å². The zero-order valence-electron chi connectivity index (χ0n) is 9.24. The van der Waals surface area contributed by atoms with Crippen molar-refractivity contribution in [3.8, 4) is 0 Å². The van der Waals surface area contributed by atoms with Crippen LogP contribution in [0.4, 0.5) is 4.39 Å². The van der Waals surface area contributed by atoms with E-state index >= 15 is 0 Å². The van der Waals surface area contributed by atoms with E-state index in [4.69, 9.17) is 5.73 Å². The number of nitrogens with two attached hydrogens (primary N) is 1. The lowest BCUT2D eigenvalue weighted by atomic mass is 10.00. The second-order valence-electron chi connectivity index (χ2n) is 4.00. The largest absolute Gasteiger partial charge is 0.324 e. The van der Waals surface area contributed by atoms with Crippen molar-refractivity contribution in [2.24, 2.45) is 5.73 Å². The van der Waals surface area contributed by atoms with Gasteiger partial charge in [-0.3, -0.25) is 0 Å². The standard InChI is InChI=1S/C14H13BrFN/c15-12-5-1-3-10(7-12)8-14(17)11-4-2-6-13(16)9-11/h1-7,9,14H,8,17H2. The van der Waals surface area contributed by atoms with Gasteiger partial charge in [0.15, 0.2) is 0 Å². The summed E-state index contributed by atoms with van der Waals surface area (Å²) in [5.74, 6) is -0.243. The van der Waals surface area contributed by atoms with Crippen LogP contribution in [0.1, 0.15) is 17.2 Å². The van der Waals surface area contributed by atoms with E-state index in [2.05, 4.69) is 15.9 Å². The van der Waals surface area contributed by atoms with Crippen LogP contribution >= 0.6 is 15.9 Å². The summed E-state index contributed by atoms with van der Waals surface area (Å²) in [6.07, 6.45) is 0.697. The minimum Gasteiger partial charge on any atom is -0.324 e. The molecule has 1 nitrogen and oxygen atoms in total. The predicted molar refractivity (Wildman–Crippen MR) is 71.2 cm³/mol. The molecule has 2 N–H and O–H groups in total. The molecule has 0 radical (unpaired) electrons. The SMILES string of the molecule is NC(Cc1cccc(Br)c1)c1cccc(F)c1. The van der Waals surface area contributed by atoms with E-state index in [1.165, 1.54) is 12.1 Å². The first-order valence-corrected chi connectivity index (χ1v) is 6.20. The van der Waals surface area contributed by atoms with Crippen LogP contribution in [-0.4, -0.2) is 0 Å². The van der Waals surface area contributed by atoms with E-state index in [0.29, 0.717) is 6.42 Å². The molecule has 1 atom stereocenters. The molecule has 3 heteroatoms. The van der Waals surface area contributed by atoms with E-state index in [1.54, 1.807) is 6.07 Å². The van der Waals surface area contributed by atoms with Gasteiger partial charge in [-0.2, -0.15) is 0 Å². The minimum atomic E-state index is -0.243. The molecule has 88 valence electrons. The number of rotatable bonds is 3. The molecule has 0 aromatic heterocycles. The molecular formula is C14H13BrFN. The molecule has 0 amide bonds. The first-order chi connectivity index (χ1) is 8.15. The summed E-state index contributed by atoms with van der Waals surface area (Å²) >= 11 is 3.42. The lowest BCUT2D eigenvalue weighted by Crippen LogP contribution is -2.13. The van der Waals surface area contributed by atoms with Crippen molar-refractivity contribution in [3.05, 3.63) is 69.9 Å². The van der Waals surface area contributed by atoms with Crippen molar-refractivity contribution in [2.75, 3.05) is 0 Å². The molecule has 0 saturated carbocycles. The Morgan fingerprint density at radius 2 is 1.88 bits per heavy atom. The van der Waals surface area contributed by atoms with E-state index in [-0.39, 0.29) is 11.9 Å². The van der Waals surface area contributed by atoms with Gasteiger partial charge in [0.25, 0.3) is 0 Å². The maximum atomic E-state index is 13.1. The average molecular weight is 294 g/mol. The Balaban J connectivity index is 2.14. The van der Waals surface area contributed by atoms with Gasteiger partial charge in [0, 0.05) is 10.5 Å². The zero-order valence-corrected chi connectivity index (χ0v) is 10.8. The lowest BCUT2D eigenvalue weighted by Gasteiger charge is -2.12. The third-order valence-electron chi connectivity index (χ3n) is 2.62. The van der Waals surface area contributed by atoms with E-state index in [1.807, 2.05) is 30.3 Å². The smallest absolute Gasteiger partial charge is 0.123 e. The molecule has 0 aliphatic carbocycles. The van der Waals surface area contributed by atoms with Gasteiger partial charge in [0.05, 0.1) is 0 Å². The van der Waals surface area contributed by atoms with Crippen LogP contribution in [0.5, 0.6) is 0 Å². The second-order valence-corrected chi connectivity index (χ2v) is 4.91. The fourth-order valence-corrected chi connectivity index (χ4v) is 2.22. The Bertz CT molecular complexity index is 513. The summed E-state index contributed by atoms with van der Waals surface area (Å²) in [5.41, 5.74) is 8.02. The summed E-state index contributed by atoms with van der Waals surface area (Å²) in [6.45, 7) is 0. The van der Waals surface area contributed by atoms with Crippen molar-refractivity contribution in [2.45, 2.75) is 12.5 Å². The highest BCUT2D eigenvalue weighted by atomic mass is 79.9. The van der Waals surface area contributed by atoms with Crippen molar-refractivity contribution < 1.29 is 4.39 Å². The Morgan fingerprint density at radius 3 is 2.59 bits per heavy atom. The molecule has 17 heavy (non-hydrogen) atoms. The monoisotopic (exact) mass is 293 g/mol. The zero-order chi connectivity index (χ0) is 12.3. The van der Waals surface area contributed by atoms with Crippen molar-refractivity contribution in [3.63, 3.8) is 0 Å². The first-order valence-electron chi connectivity index (χ1n) is 5.40. The molecule has 0 saturated heterocycles. The van der Waals surface area contributed by atoms with Crippen molar-refractivity contribution in [1.29, 1.82) is 0 Å². The van der Waals surface area contributed by atoms with Crippen LogP contribution in [-0.2, 0) is 6.42 Å². The Hall–Kier alpha value is -1.19. The third-order valence-corrected chi connectivity index (χ3v) is 3.11. The van der Waals surface area contributed by atoms with Gasteiger partial charge >= 0.3 is 0 Å². The molecular weight excluding hydrogens is 281 g/mol. The number of hydrogen-bond donors (Lipinski definition) is 1. The summed E-state index contributed by atoms with van der Waals surface area (Å²) in [4.78, 5) is 0. The fourth-order valence-electron chi connectivity index (χ4n) is 1.77. The Morgan fingerprint density at radius 1 is 1.12 bits per heavy atom. The second kappa shape index (κ2) is 5.43. The first kappa shape index (κ1) is 12.3. The van der Waals surface area contributed by atoms with Gasteiger partial charge in [0.1, 0.15) is 5.82 Å². The van der Waals surface area contributed by atoms with Gasteiger partial charge in [-0.25, -0.2) is 4.39 Å². The lowest BCUT2D eigenvalue weighted by molar-refractivity contribution is 0.618. The maximum absolute atomic E-state index is 13.1. The maximum Gasteiger partial charge on any atom is 0.123 e. The summed E-state index contributed by atoms with van der Waals surface area (Å²) in [7, 11) is 0. The summed E-state index contributed by atoms with van der Waals surface area (Å²) in [5, 5.41) is 0. The molecule has 0 fully saturated rings. The summed E-state index contributed by atoms with van der Waals surface area (Å²) < 4.78 is 14.1. The fraction of sp³-hybridized carbons (Fsp3) is 0.143. The van der Waals surface area contributed by atoms with Crippen LogP contribution in [0, 0.1) is 5.82 Å². The molecule has 0 aliphatic rings. The molecule has 0 heterocycles. The van der Waals surface area contributed by atoms with Gasteiger partial charge in [-0.15, -0.1) is 0 Å². The normalized spacial score (nSPS) is 12.4. The van der Waals surface area contributed by atoms with Gasteiger partial charge < -0.3 is 5.73 Å². The van der Waals surface area contributed by atoms with E-state index < -0.39 is 0 Å². The molecule has 1 unspecified atom stereocenters. The molecule has 2 aromatic carbocycles. The number of halogens is 2. The molecule has 2 aromatic rings. The van der Waals surface area contributed by atoms with Crippen LogP contribution in [0.2, 0.25) is 0 Å². The minimum absolute atomic E-state index is 0.181. The number of hydrogen-bond acceptors (Lipinski definition) is 1. The highest BCUT2D eigenvalue weighted by molar-refractivity contribution is 9.10. The molecule has 0 aliphatic heterocycles.